The summed E-state index contributed by atoms with van der Waals surface area (Å²) in [6.45, 7) is 0. The third kappa shape index (κ3) is 2.25. The standard InChI is InChI=1S/C17H19N3O2/c21-13-8-11-4-3-5-12(9-13)20(11)17(22)16-10-18-14-6-1-2-7-15(14)19-16/h1-2,6-7,10-13,21H,3-5,8-9H2/t11-,12+,13?. The van der Waals surface area contributed by atoms with Crippen LogP contribution in [0.15, 0.2) is 30.5 Å². The Labute approximate surface area is 129 Å². The van der Waals surface area contributed by atoms with E-state index in [4.69, 9.17) is 0 Å². The first-order valence-corrected chi connectivity index (χ1v) is 7.95. The Bertz CT molecular complexity index is 704. The lowest BCUT2D eigenvalue weighted by Crippen LogP contribution is -2.56. The molecule has 1 unspecified atom stereocenters. The van der Waals surface area contributed by atoms with Crippen molar-refractivity contribution in [3.63, 3.8) is 0 Å². The first-order valence-electron chi connectivity index (χ1n) is 7.95. The number of hydrogen-bond acceptors (Lipinski definition) is 4. The highest BCUT2D eigenvalue weighted by Gasteiger charge is 2.41. The normalized spacial score (nSPS) is 27.9. The van der Waals surface area contributed by atoms with Gasteiger partial charge in [-0.15, -0.1) is 0 Å². The molecular formula is C17H19N3O2. The first kappa shape index (κ1) is 13.6. The molecule has 2 saturated heterocycles. The number of aliphatic hydroxyl groups is 1. The fraction of sp³-hybridized carbons (Fsp3) is 0.471. The third-order valence-electron chi connectivity index (χ3n) is 4.85. The lowest BCUT2D eigenvalue weighted by atomic mass is 9.83. The lowest BCUT2D eigenvalue weighted by molar-refractivity contribution is -0.0154. The second kappa shape index (κ2) is 5.32. The van der Waals surface area contributed by atoms with Crippen molar-refractivity contribution in [2.24, 2.45) is 0 Å². The monoisotopic (exact) mass is 297 g/mol. The van der Waals surface area contributed by atoms with Crippen molar-refractivity contribution in [1.82, 2.24) is 14.9 Å². The number of fused-ring (bicyclic) bond motifs is 3. The van der Waals surface area contributed by atoms with Crippen LogP contribution < -0.4 is 0 Å². The Balaban J connectivity index is 1.67. The van der Waals surface area contributed by atoms with Gasteiger partial charge in [0.15, 0.2) is 0 Å². The second-order valence-electron chi connectivity index (χ2n) is 6.32. The molecule has 5 nitrogen and oxygen atoms in total. The molecule has 114 valence electrons. The third-order valence-corrected chi connectivity index (χ3v) is 4.85. The molecule has 3 atom stereocenters. The highest BCUT2D eigenvalue weighted by molar-refractivity contribution is 5.94. The van der Waals surface area contributed by atoms with Crippen molar-refractivity contribution in [1.29, 1.82) is 0 Å². The smallest absolute Gasteiger partial charge is 0.274 e. The molecule has 1 N–H and O–H groups in total. The summed E-state index contributed by atoms with van der Waals surface area (Å²) >= 11 is 0. The van der Waals surface area contributed by atoms with Crippen LogP contribution in [0.3, 0.4) is 0 Å². The number of nitrogens with zero attached hydrogens (tertiary/aromatic N) is 3. The molecule has 5 heteroatoms. The molecule has 0 aliphatic carbocycles. The maximum atomic E-state index is 12.9. The van der Waals surface area contributed by atoms with Crippen LogP contribution in [-0.4, -0.2) is 44.1 Å². The molecule has 22 heavy (non-hydrogen) atoms. The zero-order valence-corrected chi connectivity index (χ0v) is 12.4. The van der Waals surface area contributed by atoms with E-state index in [1.54, 1.807) is 6.20 Å². The van der Waals surface area contributed by atoms with E-state index >= 15 is 0 Å². The average molecular weight is 297 g/mol. The summed E-state index contributed by atoms with van der Waals surface area (Å²) in [6, 6.07) is 7.86. The molecule has 2 aliphatic rings. The van der Waals surface area contributed by atoms with Gasteiger partial charge in [-0.05, 0) is 44.2 Å². The zero-order valence-electron chi connectivity index (χ0n) is 12.4. The van der Waals surface area contributed by atoms with Gasteiger partial charge in [0.05, 0.1) is 23.3 Å². The van der Waals surface area contributed by atoms with Crippen molar-refractivity contribution in [2.45, 2.75) is 50.3 Å². The van der Waals surface area contributed by atoms with Gasteiger partial charge in [0.25, 0.3) is 5.91 Å². The number of para-hydroxylation sites is 2. The van der Waals surface area contributed by atoms with Gasteiger partial charge in [-0.2, -0.15) is 0 Å². The molecule has 3 heterocycles. The highest BCUT2D eigenvalue weighted by Crippen LogP contribution is 2.35. The molecule has 2 fully saturated rings. The van der Waals surface area contributed by atoms with Gasteiger partial charge >= 0.3 is 0 Å². The summed E-state index contributed by atoms with van der Waals surface area (Å²) in [6.07, 6.45) is 5.75. The number of carbonyl (C=O) groups is 1. The fourth-order valence-corrected chi connectivity index (χ4v) is 3.88. The fourth-order valence-electron chi connectivity index (χ4n) is 3.88. The van der Waals surface area contributed by atoms with Gasteiger partial charge in [-0.3, -0.25) is 9.78 Å². The van der Waals surface area contributed by atoms with Crippen molar-refractivity contribution < 1.29 is 9.90 Å². The number of amides is 1. The minimum atomic E-state index is -0.276. The Morgan fingerprint density at radius 1 is 1.14 bits per heavy atom. The number of hydrogen-bond donors (Lipinski definition) is 1. The Morgan fingerprint density at radius 3 is 2.55 bits per heavy atom. The Morgan fingerprint density at radius 2 is 1.82 bits per heavy atom. The van der Waals surface area contributed by atoms with Gasteiger partial charge in [0.1, 0.15) is 5.69 Å². The summed E-state index contributed by atoms with van der Waals surface area (Å²) in [5, 5.41) is 9.96. The minimum absolute atomic E-state index is 0.0418. The van der Waals surface area contributed by atoms with Crippen LogP contribution in [0.1, 0.15) is 42.6 Å². The van der Waals surface area contributed by atoms with Crippen molar-refractivity contribution in [3.05, 3.63) is 36.2 Å². The molecule has 1 aromatic heterocycles. The average Bonchev–Trinajstić information content (AvgIpc) is 2.53. The van der Waals surface area contributed by atoms with Crippen molar-refractivity contribution >= 4 is 16.9 Å². The zero-order chi connectivity index (χ0) is 15.1. The van der Waals surface area contributed by atoms with E-state index in [0.29, 0.717) is 18.5 Å². The van der Waals surface area contributed by atoms with Crippen LogP contribution in [0.25, 0.3) is 11.0 Å². The van der Waals surface area contributed by atoms with Crippen LogP contribution >= 0.6 is 0 Å². The van der Waals surface area contributed by atoms with Gasteiger partial charge in [-0.1, -0.05) is 12.1 Å². The van der Waals surface area contributed by atoms with Crippen LogP contribution in [-0.2, 0) is 0 Å². The molecule has 0 saturated carbocycles. The quantitative estimate of drug-likeness (QED) is 0.876. The van der Waals surface area contributed by atoms with Gasteiger partial charge in [0, 0.05) is 12.1 Å². The first-order chi connectivity index (χ1) is 10.7. The van der Waals surface area contributed by atoms with Crippen LogP contribution in [0.4, 0.5) is 0 Å². The van der Waals surface area contributed by atoms with Gasteiger partial charge < -0.3 is 10.0 Å². The van der Waals surface area contributed by atoms with Crippen LogP contribution in [0.5, 0.6) is 0 Å². The summed E-state index contributed by atoms with van der Waals surface area (Å²) in [7, 11) is 0. The molecule has 2 aromatic rings. The van der Waals surface area contributed by atoms with E-state index in [1.165, 1.54) is 0 Å². The Hall–Kier alpha value is -2.01. The van der Waals surface area contributed by atoms with Crippen LogP contribution in [0, 0.1) is 0 Å². The van der Waals surface area contributed by atoms with E-state index in [0.717, 1.165) is 30.3 Å². The predicted molar refractivity (Wildman–Crippen MR) is 82.4 cm³/mol. The summed E-state index contributed by atoms with van der Waals surface area (Å²) in [4.78, 5) is 23.7. The van der Waals surface area contributed by atoms with E-state index in [1.807, 2.05) is 29.2 Å². The second-order valence-corrected chi connectivity index (χ2v) is 6.32. The minimum Gasteiger partial charge on any atom is -0.393 e. The van der Waals surface area contributed by atoms with Gasteiger partial charge in [0.2, 0.25) is 0 Å². The number of benzene rings is 1. The summed E-state index contributed by atoms with van der Waals surface area (Å²) < 4.78 is 0. The van der Waals surface area contributed by atoms with Crippen molar-refractivity contribution in [3.8, 4) is 0 Å². The SMILES string of the molecule is O=C(c1cnc2ccccc2n1)N1[C@@H]2CCC[C@H]1CC(O)C2. The van der Waals surface area contributed by atoms with E-state index < -0.39 is 0 Å². The Kier molecular flexibility index (Phi) is 3.30. The molecule has 0 spiro atoms. The highest BCUT2D eigenvalue weighted by atomic mass is 16.3. The van der Waals surface area contributed by atoms with E-state index in [9.17, 15) is 9.90 Å². The lowest BCUT2D eigenvalue weighted by Gasteiger charge is -2.47. The molecular weight excluding hydrogens is 278 g/mol. The molecule has 1 aromatic carbocycles. The molecule has 2 bridgehead atoms. The number of aromatic nitrogens is 2. The number of aliphatic hydroxyl groups excluding tert-OH is 1. The number of piperidine rings is 2. The maximum absolute atomic E-state index is 12.9. The molecule has 0 radical (unpaired) electrons. The largest absolute Gasteiger partial charge is 0.393 e. The topological polar surface area (TPSA) is 66.3 Å². The molecule has 2 aliphatic heterocycles. The molecule has 1 amide bonds. The number of carbonyl (C=O) groups excluding carboxylic acids is 1. The van der Waals surface area contributed by atoms with E-state index in [2.05, 4.69) is 9.97 Å². The van der Waals surface area contributed by atoms with Gasteiger partial charge in [-0.25, -0.2) is 4.98 Å². The summed E-state index contributed by atoms with van der Waals surface area (Å²) in [5.41, 5.74) is 1.95. The van der Waals surface area contributed by atoms with Crippen molar-refractivity contribution in [2.75, 3.05) is 0 Å². The predicted octanol–water partition coefficient (Wildman–Crippen LogP) is 2.15. The van der Waals surface area contributed by atoms with Crippen LogP contribution in [0.2, 0.25) is 0 Å². The summed E-state index contributed by atoms with van der Waals surface area (Å²) in [5.74, 6) is -0.0418. The number of rotatable bonds is 1. The van der Waals surface area contributed by atoms with E-state index in [-0.39, 0.29) is 24.1 Å². The molecule has 4 rings (SSSR count). The maximum Gasteiger partial charge on any atom is 0.274 e.